The van der Waals surface area contributed by atoms with Crippen LogP contribution in [0.3, 0.4) is 0 Å². The zero-order valence-electron chi connectivity index (χ0n) is 14.7. The van der Waals surface area contributed by atoms with Crippen molar-refractivity contribution in [1.29, 1.82) is 0 Å². The van der Waals surface area contributed by atoms with Gasteiger partial charge < -0.3 is 9.64 Å². The standard InChI is InChI=1S/C17H24N2O4S/c1-11-9-19(10-12(2)23-11)24(21,22)13-6-7-15-14(8-13)17(3,4)16(20)18(15)5/h6-8,11-12H,9-10H2,1-5H3/t11-,12-/m0/s1. The Bertz CT molecular complexity index is 778. The highest BCUT2D eigenvalue weighted by Gasteiger charge is 2.43. The molecule has 3 rings (SSSR count). The van der Waals surface area contributed by atoms with Crippen LogP contribution in [-0.2, 0) is 25.0 Å². The largest absolute Gasteiger partial charge is 0.373 e. The molecule has 0 unspecified atom stereocenters. The van der Waals surface area contributed by atoms with Crippen molar-refractivity contribution in [2.24, 2.45) is 0 Å². The van der Waals surface area contributed by atoms with Crippen LogP contribution in [0.2, 0.25) is 0 Å². The second-order valence-electron chi connectivity index (χ2n) is 7.25. The lowest BCUT2D eigenvalue weighted by atomic mass is 9.86. The number of benzene rings is 1. The monoisotopic (exact) mass is 352 g/mol. The van der Waals surface area contributed by atoms with Gasteiger partial charge in [0.2, 0.25) is 15.9 Å². The lowest BCUT2D eigenvalue weighted by molar-refractivity contribution is -0.121. The molecule has 2 heterocycles. The Morgan fingerprint density at radius 3 is 2.33 bits per heavy atom. The van der Waals surface area contributed by atoms with E-state index in [0.717, 1.165) is 11.3 Å². The van der Waals surface area contributed by atoms with E-state index in [4.69, 9.17) is 4.74 Å². The van der Waals surface area contributed by atoms with E-state index in [1.165, 1.54) is 4.31 Å². The molecule has 1 amide bonds. The third kappa shape index (κ3) is 2.55. The quantitative estimate of drug-likeness (QED) is 0.813. The van der Waals surface area contributed by atoms with Crippen molar-refractivity contribution in [2.45, 2.75) is 50.2 Å². The average molecular weight is 352 g/mol. The topological polar surface area (TPSA) is 66.9 Å². The lowest BCUT2D eigenvalue weighted by Gasteiger charge is -2.34. The summed E-state index contributed by atoms with van der Waals surface area (Å²) in [6.07, 6.45) is -0.274. The molecule has 1 aromatic carbocycles. The van der Waals surface area contributed by atoms with Gasteiger partial charge in [-0.3, -0.25) is 4.79 Å². The van der Waals surface area contributed by atoms with Crippen LogP contribution in [0.15, 0.2) is 23.1 Å². The van der Waals surface area contributed by atoms with E-state index in [1.54, 1.807) is 30.1 Å². The molecule has 0 bridgehead atoms. The van der Waals surface area contributed by atoms with Crippen molar-refractivity contribution in [3.8, 4) is 0 Å². The van der Waals surface area contributed by atoms with Crippen LogP contribution in [0.4, 0.5) is 5.69 Å². The number of fused-ring (bicyclic) bond motifs is 1. The second-order valence-corrected chi connectivity index (χ2v) is 9.19. The lowest BCUT2D eigenvalue weighted by Crippen LogP contribution is -2.48. The molecule has 0 aliphatic carbocycles. The molecule has 1 fully saturated rings. The number of sulfonamides is 1. The molecule has 1 aromatic rings. The van der Waals surface area contributed by atoms with Gasteiger partial charge in [0.15, 0.2) is 0 Å². The van der Waals surface area contributed by atoms with Crippen molar-refractivity contribution in [2.75, 3.05) is 25.0 Å². The Morgan fingerprint density at radius 1 is 1.17 bits per heavy atom. The minimum absolute atomic E-state index is 0.0272. The Hall–Kier alpha value is -1.44. The van der Waals surface area contributed by atoms with E-state index < -0.39 is 15.4 Å². The molecule has 0 saturated carbocycles. The summed E-state index contributed by atoms with van der Waals surface area (Å²) in [6.45, 7) is 8.08. The Labute approximate surface area is 143 Å². The minimum atomic E-state index is -3.61. The maximum Gasteiger partial charge on any atom is 0.243 e. The first-order valence-corrected chi connectivity index (χ1v) is 9.57. The van der Waals surface area contributed by atoms with E-state index in [2.05, 4.69) is 0 Å². The van der Waals surface area contributed by atoms with Gasteiger partial charge in [0.1, 0.15) is 0 Å². The Kier molecular flexibility index (Phi) is 4.01. The first-order chi connectivity index (χ1) is 11.0. The fourth-order valence-electron chi connectivity index (χ4n) is 3.59. The maximum atomic E-state index is 13.0. The fraction of sp³-hybridized carbons (Fsp3) is 0.588. The summed E-state index contributed by atoms with van der Waals surface area (Å²) in [6, 6.07) is 4.96. The summed E-state index contributed by atoms with van der Waals surface area (Å²) in [5, 5.41) is 0. The summed E-state index contributed by atoms with van der Waals surface area (Å²) >= 11 is 0. The molecule has 0 radical (unpaired) electrons. The van der Waals surface area contributed by atoms with Gasteiger partial charge in [-0.15, -0.1) is 0 Å². The van der Waals surface area contributed by atoms with Gasteiger partial charge in [-0.25, -0.2) is 8.42 Å². The normalized spacial score (nSPS) is 27.4. The van der Waals surface area contributed by atoms with Gasteiger partial charge in [0.25, 0.3) is 0 Å². The van der Waals surface area contributed by atoms with Crippen LogP contribution in [-0.4, -0.2) is 51.0 Å². The summed E-state index contributed by atoms with van der Waals surface area (Å²) in [5.74, 6) is -0.0272. The predicted octanol–water partition coefficient (Wildman–Crippen LogP) is 1.74. The zero-order valence-corrected chi connectivity index (χ0v) is 15.6. The fourth-order valence-corrected chi connectivity index (χ4v) is 5.21. The number of nitrogens with zero attached hydrogens (tertiary/aromatic N) is 2. The number of likely N-dealkylation sites (N-methyl/N-ethyl adjacent to an activating group) is 1. The number of morpholine rings is 1. The van der Waals surface area contributed by atoms with Crippen LogP contribution in [0, 0.1) is 0 Å². The molecule has 2 aliphatic heterocycles. The van der Waals surface area contributed by atoms with Crippen molar-refractivity contribution < 1.29 is 17.9 Å². The summed E-state index contributed by atoms with van der Waals surface area (Å²) < 4.78 is 33.1. The molecular formula is C17H24N2O4S. The summed E-state index contributed by atoms with van der Waals surface area (Å²) in [4.78, 5) is 14.2. The summed E-state index contributed by atoms with van der Waals surface area (Å²) in [7, 11) is -1.89. The minimum Gasteiger partial charge on any atom is -0.373 e. The van der Waals surface area contributed by atoms with Gasteiger partial charge in [0.05, 0.1) is 22.5 Å². The molecule has 6 nitrogen and oxygen atoms in total. The number of rotatable bonds is 2. The molecule has 2 atom stereocenters. The van der Waals surface area contributed by atoms with E-state index in [9.17, 15) is 13.2 Å². The van der Waals surface area contributed by atoms with Crippen molar-refractivity contribution in [3.63, 3.8) is 0 Å². The molecule has 0 aromatic heterocycles. The highest BCUT2D eigenvalue weighted by Crippen LogP contribution is 2.42. The van der Waals surface area contributed by atoms with Crippen LogP contribution in [0.5, 0.6) is 0 Å². The third-order valence-corrected chi connectivity index (χ3v) is 6.69. The summed E-state index contributed by atoms with van der Waals surface area (Å²) in [5.41, 5.74) is 0.805. The number of carbonyl (C=O) groups excluding carboxylic acids is 1. The van der Waals surface area contributed by atoms with Crippen LogP contribution in [0.1, 0.15) is 33.3 Å². The van der Waals surface area contributed by atoms with Gasteiger partial charge >= 0.3 is 0 Å². The molecule has 1 saturated heterocycles. The highest BCUT2D eigenvalue weighted by molar-refractivity contribution is 7.89. The van der Waals surface area contributed by atoms with Gasteiger partial charge in [0, 0.05) is 25.8 Å². The first kappa shape index (κ1) is 17.4. The average Bonchev–Trinajstić information content (AvgIpc) is 2.67. The van der Waals surface area contributed by atoms with Crippen molar-refractivity contribution in [3.05, 3.63) is 23.8 Å². The predicted molar refractivity (Wildman–Crippen MR) is 91.6 cm³/mol. The highest BCUT2D eigenvalue weighted by atomic mass is 32.2. The zero-order chi connectivity index (χ0) is 17.9. The van der Waals surface area contributed by atoms with Crippen molar-refractivity contribution >= 4 is 21.6 Å². The van der Waals surface area contributed by atoms with Gasteiger partial charge in [-0.2, -0.15) is 4.31 Å². The van der Waals surface area contributed by atoms with E-state index in [1.807, 2.05) is 27.7 Å². The molecule has 0 N–H and O–H groups in total. The van der Waals surface area contributed by atoms with Gasteiger partial charge in [-0.1, -0.05) is 0 Å². The number of anilines is 1. The SMILES string of the molecule is C[C@H]1CN(S(=O)(=O)c2ccc3c(c2)C(C)(C)C(=O)N3C)C[C@H](C)O1. The molecule has 7 heteroatoms. The van der Waals surface area contributed by atoms with E-state index >= 15 is 0 Å². The van der Waals surface area contributed by atoms with E-state index in [-0.39, 0.29) is 23.0 Å². The van der Waals surface area contributed by atoms with Gasteiger partial charge in [-0.05, 0) is 51.5 Å². The van der Waals surface area contributed by atoms with E-state index in [0.29, 0.717) is 13.1 Å². The second kappa shape index (κ2) is 5.54. The Balaban J connectivity index is 2.02. The molecule has 24 heavy (non-hydrogen) atoms. The Morgan fingerprint density at radius 2 is 1.75 bits per heavy atom. The van der Waals surface area contributed by atoms with Crippen LogP contribution < -0.4 is 4.90 Å². The smallest absolute Gasteiger partial charge is 0.243 e. The van der Waals surface area contributed by atoms with Crippen LogP contribution in [0.25, 0.3) is 0 Å². The van der Waals surface area contributed by atoms with Crippen LogP contribution >= 0.6 is 0 Å². The molecule has 2 aliphatic rings. The molecular weight excluding hydrogens is 328 g/mol. The number of hydrogen-bond donors (Lipinski definition) is 0. The number of amides is 1. The first-order valence-electron chi connectivity index (χ1n) is 8.13. The number of ether oxygens (including phenoxy) is 1. The molecule has 132 valence electrons. The van der Waals surface area contributed by atoms with Crippen molar-refractivity contribution in [1.82, 2.24) is 4.31 Å². The number of carbonyl (C=O) groups is 1. The maximum absolute atomic E-state index is 13.0. The third-order valence-electron chi connectivity index (χ3n) is 4.87. The molecule has 0 spiro atoms. The number of hydrogen-bond acceptors (Lipinski definition) is 4.